The van der Waals surface area contributed by atoms with Crippen molar-refractivity contribution in [3.05, 3.63) is 78.4 Å². The maximum Gasteiger partial charge on any atom is 0.210 e. The van der Waals surface area contributed by atoms with Crippen molar-refractivity contribution in [2.75, 3.05) is 21.3 Å². The topological polar surface area (TPSA) is 52.9 Å². The van der Waals surface area contributed by atoms with Crippen molar-refractivity contribution in [3.8, 4) is 38.9 Å². The number of hydrogen-bond acceptors (Lipinski definition) is 6. The lowest BCUT2D eigenvalue weighted by Crippen LogP contribution is -1.92. The molecule has 6 heteroatoms. The van der Waals surface area contributed by atoms with Crippen LogP contribution in [0.4, 0.5) is 5.13 Å². The molecule has 4 aromatic rings. The molecule has 5 nitrogen and oxygen atoms in total. The van der Waals surface area contributed by atoms with Gasteiger partial charge in [0.05, 0.1) is 31.9 Å². The fraction of sp³-hybridized carbons (Fsp3) is 0.120. The van der Waals surface area contributed by atoms with Crippen LogP contribution in [0.25, 0.3) is 21.7 Å². The summed E-state index contributed by atoms with van der Waals surface area (Å²) < 4.78 is 16.0. The van der Waals surface area contributed by atoms with Crippen LogP contribution in [0.5, 0.6) is 17.2 Å². The van der Waals surface area contributed by atoms with E-state index in [1.54, 1.807) is 38.9 Å². The first kappa shape index (κ1) is 20.6. The standard InChI is InChI=1S/C25H22N2O3S/c1-28-20-12-9-17(10-13-20)23-24(18-7-5-4-6-8-18)31-25(27-23)26-16-19-11-14-21(29-2)15-22(19)30-3/h4-16H,1-3H3. The van der Waals surface area contributed by atoms with E-state index in [4.69, 9.17) is 19.2 Å². The van der Waals surface area contributed by atoms with Gasteiger partial charge >= 0.3 is 0 Å². The van der Waals surface area contributed by atoms with E-state index in [0.717, 1.165) is 38.8 Å². The van der Waals surface area contributed by atoms with Crippen LogP contribution >= 0.6 is 11.3 Å². The largest absolute Gasteiger partial charge is 0.497 e. The Morgan fingerprint density at radius 1 is 0.774 bits per heavy atom. The number of rotatable bonds is 7. The molecule has 0 N–H and O–H groups in total. The van der Waals surface area contributed by atoms with Crippen LogP contribution in [0, 0.1) is 0 Å². The minimum absolute atomic E-state index is 0.669. The van der Waals surface area contributed by atoms with Crippen LogP contribution in [0.3, 0.4) is 0 Å². The summed E-state index contributed by atoms with van der Waals surface area (Å²) in [5, 5.41) is 0.669. The zero-order valence-corrected chi connectivity index (χ0v) is 18.3. The average Bonchev–Trinajstić information content (AvgIpc) is 3.27. The molecule has 0 unspecified atom stereocenters. The van der Waals surface area contributed by atoms with Gasteiger partial charge < -0.3 is 14.2 Å². The lowest BCUT2D eigenvalue weighted by molar-refractivity contribution is 0.394. The Labute approximate surface area is 185 Å². The first-order valence-corrected chi connectivity index (χ1v) is 10.5. The highest BCUT2D eigenvalue weighted by molar-refractivity contribution is 7.19. The summed E-state index contributed by atoms with van der Waals surface area (Å²) in [6.07, 6.45) is 1.77. The summed E-state index contributed by atoms with van der Waals surface area (Å²) in [5.41, 5.74) is 3.87. The van der Waals surface area contributed by atoms with Gasteiger partial charge in [-0.3, -0.25) is 0 Å². The van der Waals surface area contributed by atoms with Gasteiger partial charge in [0.15, 0.2) is 0 Å². The third-order valence-corrected chi connectivity index (χ3v) is 5.78. The molecule has 1 heterocycles. The molecule has 3 aromatic carbocycles. The Bertz CT molecular complexity index is 1190. The lowest BCUT2D eigenvalue weighted by atomic mass is 10.1. The first-order valence-electron chi connectivity index (χ1n) is 9.68. The quantitative estimate of drug-likeness (QED) is 0.325. The molecule has 0 spiro atoms. The molecule has 0 aliphatic carbocycles. The highest BCUT2D eigenvalue weighted by Crippen LogP contribution is 2.40. The molecule has 0 saturated heterocycles. The van der Waals surface area contributed by atoms with E-state index in [-0.39, 0.29) is 0 Å². The Hall–Kier alpha value is -3.64. The number of aromatic nitrogens is 1. The third-order valence-electron chi connectivity index (χ3n) is 4.77. The predicted octanol–water partition coefficient (Wildman–Crippen LogP) is 6.25. The molecular weight excluding hydrogens is 408 g/mol. The van der Waals surface area contributed by atoms with E-state index in [9.17, 15) is 0 Å². The smallest absolute Gasteiger partial charge is 0.210 e. The van der Waals surface area contributed by atoms with Crippen molar-refractivity contribution in [2.45, 2.75) is 0 Å². The average molecular weight is 431 g/mol. The van der Waals surface area contributed by atoms with Gasteiger partial charge in [0.2, 0.25) is 5.13 Å². The van der Waals surface area contributed by atoms with Crippen LogP contribution in [0.15, 0.2) is 77.8 Å². The third kappa shape index (κ3) is 4.59. The Morgan fingerprint density at radius 3 is 2.16 bits per heavy atom. The Balaban J connectivity index is 1.74. The van der Waals surface area contributed by atoms with Crippen LogP contribution in [0.2, 0.25) is 0 Å². The van der Waals surface area contributed by atoms with Crippen molar-refractivity contribution in [3.63, 3.8) is 0 Å². The highest BCUT2D eigenvalue weighted by atomic mass is 32.1. The zero-order valence-electron chi connectivity index (χ0n) is 17.5. The van der Waals surface area contributed by atoms with Crippen LogP contribution < -0.4 is 14.2 Å². The van der Waals surface area contributed by atoms with Gasteiger partial charge in [-0.1, -0.05) is 41.7 Å². The van der Waals surface area contributed by atoms with Crippen molar-refractivity contribution < 1.29 is 14.2 Å². The van der Waals surface area contributed by atoms with E-state index in [2.05, 4.69) is 17.1 Å². The summed E-state index contributed by atoms with van der Waals surface area (Å²) >= 11 is 1.55. The molecule has 0 bridgehead atoms. The number of ether oxygens (including phenoxy) is 3. The summed E-state index contributed by atoms with van der Waals surface area (Å²) in [5.74, 6) is 2.24. The molecule has 0 radical (unpaired) electrons. The number of methoxy groups -OCH3 is 3. The maximum atomic E-state index is 5.47. The van der Waals surface area contributed by atoms with E-state index in [1.165, 1.54) is 0 Å². The number of thiazole rings is 1. The van der Waals surface area contributed by atoms with Crippen LogP contribution in [0.1, 0.15) is 5.56 Å². The molecule has 0 saturated carbocycles. The molecule has 0 aliphatic heterocycles. The van der Waals surface area contributed by atoms with Gasteiger partial charge in [0.1, 0.15) is 17.2 Å². The monoisotopic (exact) mass is 430 g/mol. The van der Waals surface area contributed by atoms with Gasteiger partial charge in [0.25, 0.3) is 0 Å². The van der Waals surface area contributed by atoms with Crippen LogP contribution in [-0.2, 0) is 0 Å². The normalized spacial score (nSPS) is 10.9. The molecule has 1 aromatic heterocycles. The van der Waals surface area contributed by atoms with E-state index >= 15 is 0 Å². The summed E-state index contributed by atoms with van der Waals surface area (Å²) in [6.45, 7) is 0. The SMILES string of the molecule is COc1ccc(-c2nc(N=Cc3ccc(OC)cc3OC)sc2-c2ccccc2)cc1. The molecular formula is C25H22N2O3S. The van der Waals surface area contributed by atoms with Crippen molar-refractivity contribution in [2.24, 2.45) is 4.99 Å². The lowest BCUT2D eigenvalue weighted by Gasteiger charge is -2.06. The fourth-order valence-electron chi connectivity index (χ4n) is 3.14. The molecule has 0 aliphatic rings. The molecule has 0 fully saturated rings. The van der Waals surface area contributed by atoms with Gasteiger partial charge in [0, 0.05) is 23.4 Å². The second-order valence-corrected chi connectivity index (χ2v) is 7.61. The van der Waals surface area contributed by atoms with Crippen LogP contribution in [-0.4, -0.2) is 32.5 Å². The summed E-state index contributed by atoms with van der Waals surface area (Å²) in [6, 6.07) is 23.8. The Kier molecular flexibility index (Phi) is 6.29. The van der Waals surface area contributed by atoms with E-state index in [0.29, 0.717) is 10.9 Å². The second-order valence-electron chi connectivity index (χ2n) is 6.63. The number of benzene rings is 3. The van der Waals surface area contributed by atoms with Gasteiger partial charge in [-0.15, -0.1) is 0 Å². The number of aliphatic imine (C=N–C) groups is 1. The number of hydrogen-bond donors (Lipinski definition) is 0. The summed E-state index contributed by atoms with van der Waals surface area (Å²) in [4.78, 5) is 10.5. The second kappa shape index (κ2) is 9.45. The minimum Gasteiger partial charge on any atom is -0.497 e. The minimum atomic E-state index is 0.669. The molecule has 0 atom stereocenters. The van der Waals surface area contributed by atoms with Gasteiger partial charge in [-0.25, -0.2) is 9.98 Å². The molecule has 156 valence electrons. The van der Waals surface area contributed by atoms with Gasteiger partial charge in [-0.2, -0.15) is 0 Å². The molecule has 31 heavy (non-hydrogen) atoms. The Morgan fingerprint density at radius 2 is 1.48 bits per heavy atom. The van der Waals surface area contributed by atoms with Crippen molar-refractivity contribution >= 4 is 22.7 Å². The van der Waals surface area contributed by atoms with E-state index < -0.39 is 0 Å². The van der Waals surface area contributed by atoms with Crippen molar-refractivity contribution in [1.82, 2.24) is 4.98 Å². The number of nitrogens with zero attached hydrogens (tertiary/aromatic N) is 2. The van der Waals surface area contributed by atoms with E-state index in [1.807, 2.05) is 60.7 Å². The maximum absolute atomic E-state index is 5.47. The fourth-order valence-corrected chi connectivity index (χ4v) is 4.08. The highest BCUT2D eigenvalue weighted by Gasteiger charge is 2.15. The predicted molar refractivity (Wildman–Crippen MR) is 126 cm³/mol. The first-order chi connectivity index (χ1) is 15.2. The van der Waals surface area contributed by atoms with Gasteiger partial charge in [-0.05, 0) is 42.0 Å². The molecule has 4 rings (SSSR count). The zero-order chi connectivity index (χ0) is 21.6. The molecule has 0 amide bonds. The summed E-state index contributed by atoms with van der Waals surface area (Å²) in [7, 11) is 4.92. The van der Waals surface area contributed by atoms with Crippen molar-refractivity contribution in [1.29, 1.82) is 0 Å².